The zero-order valence-electron chi connectivity index (χ0n) is 23.9. The number of methoxy groups -OCH3 is 1. The molecule has 0 aliphatic rings. The van der Waals surface area contributed by atoms with Gasteiger partial charge in [0.1, 0.15) is 29.5 Å². The lowest BCUT2D eigenvalue weighted by atomic mass is 10.0. The summed E-state index contributed by atoms with van der Waals surface area (Å²) < 4.78 is 41.6. The number of sulfone groups is 1. The van der Waals surface area contributed by atoms with Crippen LogP contribution in [0.2, 0.25) is 0 Å². The first kappa shape index (κ1) is 31.0. The quantitative estimate of drug-likeness (QED) is 0.140. The molecule has 0 aliphatic carbocycles. The SMILES string of the molecule is CCOc1ccccc1NC(=O)c1cc2ccccc2c(N=Nc2cc(S(=O)(=O)CCOC(=O)CC)ccc2OC)c1O. The summed E-state index contributed by atoms with van der Waals surface area (Å²) in [5, 5.41) is 23.6. The monoisotopic (exact) mass is 605 g/mol. The van der Waals surface area contributed by atoms with E-state index in [-0.39, 0.29) is 40.6 Å². The Labute approximate surface area is 249 Å². The Bertz CT molecular complexity index is 1790. The van der Waals surface area contributed by atoms with Crippen molar-refractivity contribution < 1.29 is 37.3 Å². The van der Waals surface area contributed by atoms with Crippen LogP contribution < -0.4 is 14.8 Å². The van der Waals surface area contributed by atoms with Gasteiger partial charge in [0.25, 0.3) is 5.91 Å². The van der Waals surface area contributed by atoms with Gasteiger partial charge in [-0.2, -0.15) is 0 Å². The van der Waals surface area contributed by atoms with Crippen LogP contribution in [0.15, 0.2) is 87.9 Å². The second-order valence-electron chi connectivity index (χ2n) is 9.15. The number of azo groups is 1. The number of phenols is 1. The summed E-state index contributed by atoms with van der Waals surface area (Å²) in [5.41, 5.74) is 0.447. The van der Waals surface area contributed by atoms with Crippen LogP contribution in [-0.2, 0) is 19.4 Å². The van der Waals surface area contributed by atoms with Gasteiger partial charge in [-0.05, 0) is 48.7 Å². The number of nitrogens with zero attached hydrogens (tertiary/aromatic N) is 2. The van der Waals surface area contributed by atoms with Crippen molar-refractivity contribution in [2.45, 2.75) is 25.2 Å². The number of nitrogens with one attached hydrogen (secondary N) is 1. The summed E-state index contributed by atoms with van der Waals surface area (Å²) in [6.45, 7) is 3.55. The number of benzene rings is 4. The predicted octanol–water partition coefficient (Wildman–Crippen LogP) is 6.35. The molecule has 0 aromatic heterocycles. The minimum atomic E-state index is -3.84. The first-order valence-electron chi connectivity index (χ1n) is 13.4. The Morgan fingerprint density at radius 3 is 2.42 bits per heavy atom. The van der Waals surface area contributed by atoms with Gasteiger partial charge in [-0.15, -0.1) is 10.2 Å². The molecule has 0 saturated carbocycles. The lowest BCUT2D eigenvalue weighted by Crippen LogP contribution is -2.15. The van der Waals surface area contributed by atoms with Gasteiger partial charge in [-0.3, -0.25) is 9.59 Å². The van der Waals surface area contributed by atoms with Gasteiger partial charge in [0, 0.05) is 11.8 Å². The van der Waals surface area contributed by atoms with Gasteiger partial charge in [0.05, 0.1) is 35.6 Å². The number of anilines is 1. The second kappa shape index (κ2) is 13.8. The van der Waals surface area contributed by atoms with Crippen molar-refractivity contribution in [1.82, 2.24) is 0 Å². The van der Waals surface area contributed by atoms with Crippen LogP contribution in [0, 0.1) is 0 Å². The van der Waals surface area contributed by atoms with E-state index in [0.717, 1.165) is 0 Å². The van der Waals surface area contributed by atoms with Crippen molar-refractivity contribution in [3.63, 3.8) is 0 Å². The van der Waals surface area contributed by atoms with Crippen molar-refractivity contribution in [2.24, 2.45) is 10.2 Å². The van der Waals surface area contributed by atoms with E-state index in [1.807, 2.05) is 6.92 Å². The number of esters is 1. The molecule has 4 aromatic rings. The maximum absolute atomic E-state index is 13.3. The van der Waals surface area contributed by atoms with Crippen molar-refractivity contribution in [1.29, 1.82) is 0 Å². The molecule has 0 radical (unpaired) electrons. The number of phenolic OH excluding ortho intramolecular Hbond substituents is 1. The molecule has 1 amide bonds. The molecule has 43 heavy (non-hydrogen) atoms. The normalized spacial score (nSPS) is 11.4. The van der Waals surface area contributed by atoms with Crippen molar-refractivity contribution in [3.8, 4) is 17.2 Å². The van der Waals surface area contributed by atoms with Crippen molar-refractivity contribution >= 4 is 49.5 Å². The molecule has 0 aliphatic heterocycles. The maximum atomic E-state index is 13.3. The lowest BCUT2D eigenvalue weighted by molar-refractivity contribution is -0.142. The molecular weight excluding hydrogens is 574 g/mol. The zero-order chi connectivity index (χ0) is 31.0. The Balaban J connectivity index is 1.72. The number of rotatable bonds is 12. The molecule has 224 valence electrons. The van der Waals surface area contributed by atoms with Crippen LogP contribution in [0.25, 0.3) is 10.8 Å². The van der Waals surface area contributed by atoms with Crippen LogP contribution in [0.1, 0.15) is 30.6 Å². The highest BCUT2D eigenvalue weighted by molar-refractivity contribution is 7.91. The van der Waals surface area contributed by atoms with Gasteiger partial charge in [-0.25, -0.2) is 8.42 Å². The molecule has 0 fully saturated rings. The fraction of sp³-hybridized carbons (Fsp3) is 0.226. The molecule has 11 nitrogen and oxygen atoms in total. The third-order valence-electron chi connectivity index (χ3n) is 6.35. The Morgan fingerprint density at radius 2 is 1.67 bits per heavy atom. The average Bonchev–Trinajstić information content (AvgIpc) is 3.01. The highest BCUT2D eigenvalue weighted by atomic mass is 32.2. The number of amides is 1. The molecule has 0 spiro atoms. The zero-order valence-corrected chi connectivity index (χ0v) is 24.7. The molecule has 2 N–H and O–H groups in total. The number of aromatic hydroxyl groups is 1. The van der Waals surface area contributed by atoms with Gasteiger partial charge >= 0.3 is 5.97 Å². The molecule has 0 unspecified atom stereocenters. The topological polar surface area (TPSA) is 153 Å². The Hall–Kier alpha value is -4.97. The number of fused-ring (bicyclic) bond motifs is 1. The van der Waals surface area contributed by atoms with Crippen molar-refractivity contribution in [3.05, 3.63) is 78.4 Å². The molecule has 12 heteroatoms. The van der Waals surface area contributed by atoms with E-state index in [0.29, 0.717) is 28.8 Å². The largest absolute Gasteiger partial charge is 0.505 e. The van der Waals surface area contributed by atoms with Crippen molar-refractivity contribution in [2.75, 3.05) is 31.4 Å². The minimum absolute atomic E-state index is 0.00290. The predicted molar refractivity (Wildman–Crippen MR) is 162 cm³/mol. The van der Waals surface area contributed by atoms with Crippen LogP contribution in [0.5, 0.6) is 17.2 Å². The van der Waals surface area contributed by atoms with Gasteiger partial charge in [0.2, 0.25) is 0 Å². The van der Waals surface area contributed by atoms with E-state index in [2.05, 4.69) is 15.5 Å². The highest BCUT2D eigenvalue weighted by Crippen LogP contribution is 2.41. The van der Waals surface area contributed by atoms with E-state index < -0.39 is 33.2 Å². The lowest BCUT2D eigenvalue weighted by Gasteiger charge is -2.13. The Morgan fingerprint density at radius 1 is 0.930 bits per heavy atom. The standard InChI is InChI=1S/C31H31N3O8S/c1-4-28(35)42-16-17-43(38,39)21-14-15-26(40-3)25(19-21)33-34-29-22-11-7-6-10-20(22)18-23(30(29)36)31(37)32-24-12-8-9-13-27(24)41-5-2/h6-15,18-19,36H,4-5,16-17H2,1-3H3,(H,32,37). The second-order valence-corrected chi connectivity index (χ2v) is 11.3. The molecule has 0 heterocycles. The number of carbonyl (C=O) groups excluding carboxylic acids is 2. The first-order valence-corrected chi connectivity index (χ1v) is 15.1. The molecule has 0 saturated heterocycles. The van der Waals surface area contributed by atoms with E-state index in [9.17, 15) is 23.1 Å². The van der Waals surface area contributed by atoms with Gasteiger partial charge in [-0.1, -0.05) is 43.3 Å². The molecular formula is C31H31N3O8S. The van der Waals surface area contributed by atoms with E-state index in [1.165, 1.54) is 25.3 Å². The summed E-state index contributed by atoms with van der Waals surface area (Å²) in [4.78, 5) is 24.7. The Kier molecular flexibility index (Phi) is 9.94. The highest BCUT2D eigenvalue weighted by Gasteiger charge is 2.21. The van der Waals surface area contributed by atoms with Crippen LogP contribution >= 0.6 is 0 Å². The average molecular weight is 606 g/mol. The van der Waals surface area contributed by atoms with Gasteiger partial charge in [0.15, 0.2) is 15.6 Å². The summed E-state index contributed by atoms with van der Waals surface area (Å²) in [6, 6.07) is 19.5. The van der Waals surface area contributed by atoms with E-state index in [1.54, 1.807) is 61.5 Å². The van der Waals surface area contributed by atoms with Crippen LogP contribution in [0.4, 0.5) is 17.1 Å². The van der Waals surface area contributed by atoms with E-state index in [4.69, 9.17) is 14.2 Å². The fourth-order valence-electron chi connectivity index (χ4n) is 4.16. The first-order chi connectivity index (χ1) is 20.7. The number of ether oxygens (including phenoxy) is 3. The summed E-state index contributed by atoms with van der Waals surface area (Å²) in [6.07, 6.45) is 0.137. The van der Waals surface area contributed by atoms with Crippen LogP contribution in [-0.4, -0.2) is 51.5 Å². The smallest absolute Gasteiger partial charge is 0.305 e. The third-order valence-corrected chi connectivity index (χ3v) is 8.02. The third kappa shape index (κ3) is 7.28. The minimum Gasteiger partial charge on any atom is -0.505 e. The number of carbonyl (C=O) groups is 2. The number of hydrogen-bond acceptors (Lipinski definition) is 10. The van der Waals surface area contributed by atoms with Crippen LogP contribution in [0.3, 0.4) is 0 Å². The fourth-order valence-corrected chi connectivity index (χ4v) is 5.27. The molecule has 0 atom stereocenters. The summed E-state index contributed by atoms with van der Waals surface area (Å²) in [5.74, 6) is -1.23. The number of para-hydroxylation sites is 2. The van der Waals surface area contributed by atoms with E-state index >= 15 is 0 Å². The summed E-state index contributed by atoms with van der Waals surface area (Å²) in [7, 11) is -2.45. The maximum Gasteiger partial charge on any atom is 0.305 e. The summed E-state index contributed by atoms with van der Waals surface area (Å²) >= 11 is 0. The molecule has 4 aromatic carbocycles. The molecule has 4 rings (SSSR count). The molecule has 0 bridgehead atoms. The number of hydrogen-bond donors (Lipinski definition) is 2. The van der Waals surface area contributed by atoms with Gasteiger partial charge < -0.3 is 24.6 Å².